The quantitative estimate of drug-likeness (QED) is 0.190. The molecule has 0 fully saturated rings. The molecule has 0 aromatic rings. The zero-order chi connectivity index (χ0) is 75.8. The SMILES string of the molecule is CC.CC.CC.CC.CC.CC.CC(C)(C)C1=CC=CC1.CC1C=CC(C(C)(C)C)=C1.CC1C=CC(C(C)(C)C)=C1.CC1C=CC=C1C(C)(C)C.[CH-]=CC(=[CH-])C(C)(C)C.[CH-]=CC(=[CH-])C(C)(C)C.[CH-]=CC(=[CH-])C(C)(C)C.[CH-]=CC=[C-]C(C)(C)C.[CH-]=CC=[C-]C(C)(C)C.[Y].[Y].[Y].[Y].[Y]. The normalized spacial score (nSPS) is 14.8. The molecule has 3 atom stereocenters. The van der Waals surface area contributed by atoms with Gasteiger partial charge in [-0.15, -0.1) is 27.1 Å². The zero-order valence-corrected chi connectivity index (χ0v) is 86.1. The number of hydrogen-bond acceptors (Lipinski definition) is 0. The third-order valence-electron chi connectivity index (χ3n) is 11.9. The van der Waals surface area contributed by atoms with E-state index in [1.807, 2.05) is 145 Å². The molecule has 0 aromatic heterocycles. The van der Waals surface area contributed by atoms with Crippen molar-refractivity contribution in [2.24, 2.45) is 66.5 Å². The molecule has 0 N–H and O–H groups in total. The van der Waals surface area contributed by atoms with Gasteiger partial charge in [0.25, 0.3) is 0 Å². The van der Waals surface area contributed by atoms with Crippen molar-refractivity contribution in [3.8, 4) is 0 Å². The van der Waals surface area contributed by atoms with Crippen molar-refractivity contribution in [1.82, 2.24) is 0 Å². The average molecular weight is 1700 g/mol. The van der Waals surface area contributed by atoms with Gasteiger partial charge >= 0.3 is 0 Å². The maximum absolute atomic E-state index is 5.49. The van der Waals surface area contributed by atoms with Crippen molar-refractivity contribution in [3.05, 3.63) is 219 Å². The van der Waals surface area contributed by atoms with Crippen LogP contribution in [0.5, 0.6) is 0 Å². The van der Waals surface area contributed by atoms with Crippen LogP contribution in [0.15, 0.2) is 154 Å². The fourth-order valence-electron chi connectivity index (χ4n) is 6.16. The van der Waals surface area contributed by atoms with Crippen molar-refractivity contribution in [3.63, 3.8) is 0 Å². The summed E-state index contributed by atoms with van der Waals surface area (Å²) in [6.45, 7) is 131. The molecule has 96 heavy (non-hydrogen) atoms. The third-order valence-corrected chi connectivity index (χ3v) is 11.9. The minimum absolute atomic E-state index is 0. The van der Waals surface area contributed by atoms with Crippen molar-refractivity contribution in [2.75, 3.05) is 0 Å². The first kappa shape index (κ1) is 136. The van der Waals surface area contributed by atoms with Gasteiger partial charge in [0.05, 0.1) is 0 Å². The number of allylic oxidation sites excluding steroid dienone is 28. The van der Waals surface area contributed by atoms with Gasteiger partial charge in [0, 0.05) is 164 Å². The Morgan fingerprint density at radius 2 is 0.635 bits per heavy atom. The summed E-state index contributed by atoms with van der Waals surface area (Å²) in [5.74, 6) is 1.95. The molecule has 4 aliphatic carbocycles. The predicted molar refractivity (Wildman–Crippen MR) is 428 cm³/mol. The minimum Gasteiger partial charge on any atom is -0.394 e. The Bertz CT molecular complexity index is 2050. The second-order valence-corrected chi connectivity index (χ2v) is 29.9. The van der Waals surface area contributed by atoms with Crippen LogP contribution >= 0.6 is 0 Å². The van der Waals surface area contributed by atoms with Gasteiger partial charge in [0.2, 0.25) is 0 Å². The van der Waals surface area contributed by atoms with E-state index in [1.165, 1.54) is 41.5 Å². The van der Waals surface area contributed by atoms with Crippen LogP contribution in [0.4, 0.5) is 0 Å². The molecular weight excluding hydrogens is 1540 g/mol. The van der Waals surface area contributed by atoms with E-state index in [2.05, 4.69) is 230 Å². The van der Waals surface area contributed by atoms with E-state index in [0.717, 1.165) is 23.1 Å². The first-order valence-corrected chi connectivity index (χ1v) is 34.6. The van der Waals surface area contributed by atoms with Crippen molar-refractivity contribution >= 4 is 0 Å². The van der Waals surface area contributed by atoms with Crippen LogP contribution in [0, 0.1) is 131 Å². The zero-order valence-electron chi connectivity index (χ0n) is 71.9. The summed E-state index contributed by atoms with van der Waals surface area (Å²) >= 11 is 0. The first-order valence-electron chi connectivity index (χ1n) is 34.6. The molecule has 547 valence electrons. The standard InChI is InChI=1S/3C10H16.C9H14.5C8H12.6C2H6.5Y/c2*1-8-5-6-9(7-8)10(2,3)4;1-8-6-5-7-9(8)10(2,3)4;1-9(2,3)8-6-4-5-7-8;3*1-6-7(2)8(3,4)5;2*1-5-6-7-8(2,3)4;6*1-2;;;;;/h3*5-8H,1-4H3;4-6H,7H2,1-3H3;3*1-2,6H,3-5H3;2*1,5-6H,2-4H3;6*1-2H3;;;;;/q;;;;5*-2;;;;;;;;;;;. The average Bonchev–Trinajstić information content (AvgIpc) is 4.23. The Morgan fingerprint density at radius 3 is 0.708 bits per heavy atom. The van der Waals surface area contributed by atoms with Crippen LogP contribution in [0.1, 0.15) is 297 Å². The second kappa shape index (κ2) is 75.5. The fourth-order valence-corrected chi connectivity index (χ4v) is 6.16. The van der Waals surface area contributed by atoms with E-state index in [-0.39, 0.29) is 191 Å². The molecular formula is C91H158Y5-10. The molecule has 0 aromatic carbocycles. The van der Waals surface area contributed by atoms with Crippen LogP contribution in [-0.4, -0.2) is 0 Å². The summed E-state index contributed by atoms with van der Waals surface area (Å²) in [7, 11) is 0. The summed E-state index contributed by atoms with van der Waals surface area (Å²) in [6, 6.07) is 0. The van der Waals surface area contributed by atoms with Gasteiger partial charge in [0.15, 0.2) is 0 Å². The van der Waals surface area contributed by atoms with Crippen molar-refractivity contribution in [2.45, 2.75) is 297 Å². The third kappa shape index (κ3) is 94.8. The van der Waals surface area contributed by atoms with Gasteiger partial charge in [-0.3, -0.25) is 0 Å². The van der Waals surface area contributed by atoms with Gasteiger partial charge in [-0.2, -0.15) is 0 Å². The Kier molecular flexibility index (Phi) is 107. The number of hydrogen-bond donors (Lipinski definition) is 0. The molecule has 0 heterocycles. The molecule has 0 aliphatic heterocycles. The van der Waals surface area contributed by atoms with Crippen LogP contribution in [0.2, 0.25) is 0 Å². The van der Waals surface area contributed by atoms with Crippen LogP contribution < -0.4 is 0 Å². The Hall–Kier alpha value is 0.839. The molecule has 0 saturated carbocycles. The first-order chi connectivity index (χ1) is 41.2. The topological polar surface area (TPSA) is 0 Å². The molecule has 4 aliphatic rings. The second-order valence-electron chi connectivity index (χ2n) is 29.9. The summed E-state index contributed by atoms with van der Waals surface area (Å²) in [6.07, 6.45) is 44.9. The van der Waals surface area contributed by atoms with E-state index in [4.69, 9.17) is 52.6 Å². The molecule has 0 spiro atoms. The maximum atomic E-state index is 5.49. The molecule has 4 rings (SSSR count). The minimum atomic E-state index is 0. The predicted octanol–water partition coefficient (Wildman–Crippen LogP) is 30.5. The van der Waals surface area contributed by atoms with Gasteiger partial charge in [-0.05, 0) is 57.0 Å². The van der Waals surface area contributed by atoms with Crippen molar-refractivity contribution in [1.29, 1.82) is 0 Å². The summed E-state index contributed by atoms with van der Waals surface area (Å²) in [4.78, 5) is 0. The monoisotopic (exact) mass is 1700 g/mol. The van der Waals surface area contributed by atoms with Crippen LogP contribution in [0.3, 0.4) is 0 Å². The molecule has 5 heteroatoms. The molecule has 0 saturated heterocycles. The maximum Gasteiger partial charge on any atom is 0 e. The van der Waals surface area contributed by atoms with Gasteiger partial charge in [-0.1, -0.05) is 375 Å². The molecule has 0 nitrogen and oxygen atoms in total. The van der Waals surface area contributed by atoms with Gasteiger partial charge in [0.1, 0.15) is 0 Å². The largest absolute Gasteiger partial charge is 0.394 e. The van der Waals surface area contributed by atoms with Crippen molar-refractivity contribution < 1.29 is 164 Å². The molecule has 0 amide bonds. The number of rotatable bonds is 5. The van der Waals surface area contributed by atoms with Crippen LogP contribution in [-0.2, 0) is 164 Å². The Labute approximate surface area is 736 Å². The summed E-state index contributed by atoms with van der Waals surface area (Å²) < 4.78 is 0. The summed E-state index contributed by atoms with van der Waals surface area (Å²) in [5, 5.41) is 0. The molecule has 0 bridgehead atoms. The molecule has 5 radical (unpaired) electrons. The van der Waals surface area contributed by atoms with E-state index < -0.39 is 0 Å². The van der Waals surface area contributed by atoms with E-state index in [1.54, 1.807) is 23.3 Å². The van der Waals surface area contributed by atoms with E-state index in [9.17, 15) is 0 Å². The van der Waals surface area contributed by atoms with Crippen LogP contribution in [0.25, 0.3) is 0 Å². The van der Waals surface area contributed by atoms with E-state index in [0.29, 0.717) is 39.4 Å². The molecule has 3 unspecified atom stereocenters. The van der Waals surface area contributed by atoms with E-state index >= 15 is 0 Å². The summed E-state index contributed by atoms with van der Waals surface area (Å²) in [5.41, 5.74) is 9.97. The Balaban J connectivity index is -0.0000000522. The smallest absolute Gasteiger partial charge is 0 e. The van der Waals surface area contributed by atoms with Gasteiger partial charge in [-0.25, -0.2) is 0 Å². The fraction of sp³-hybridized carbons (Fsp3) is 0.604. The Morgan fingerprint density at radius 1 is 0.375 bits per heavy atom. The van der Waals surface area contributed by atoms with Gasteiger partial charge < -0.3 is 124 Å².